The SMILES string of the molecule is CCNc1cccc(C(=O)Nc2ccc(F)c(C#N)c2)n1. The Labute approximate surface area is 121 Å². The van der Waals surface area contributed by atoms with E-state index in [1.165, 1.54) is 12.1 Å². The predicted molar refractivity (Wildman–Crippen MR) is 77.5 cm³/mol. The van der Waals surface area contributed by atoms with Crippen LogP contribution in [0.15, 0.2) is 36.4 Å². The second-order valence-electron chi connectivity index (χ2n) is 4.20. The minimum Gasteiger partial charge on any atom is -0.370 e. The van der Waals surface area contributed by atoms with Crippen LogP contribution < -0.4 is 10.6 Å². The molecule has 0 saturated heterocycles. The molecular weight excluding hydrogens is 271 g/mol. The Bertz CT molecular complexity index is 709. The third kappa shape index (κ3) is 3.54. The van der Waals surface area contributed by atoms with Crippen LogP contribution in [0.3, 0.4) is 0 Å². The lowest BCUT2D eigenvalue weighted by atomic mass is 10.2. The van der Waals surface area contributed by atoms with Crippen molar-refractivity contribution in [1.82, 2.24) is 4.98 Å². The molecule has 1 aromatic heterocycles. The van der Waals surface area contributed by atoms with Gasteiger partial charge >= 0.3 is 0 Å². The van der Waals surface area contributed by atoms with E-state index in [0.29, 0.717) is 18.1 Å². The number of hydrogen-bond acceptors (Lipinski definition) is 4. The van der Waals surface area contributed by atoms with Gasteiger partial charge < -0.3 is 10.6 Å². The molecule has 0 spiro atoms. The average molecular weight is 284 g/mol. The maximum atomic E-state index is 13.2. The number of nitriles is 1. The minimum atomic E-state index is -0.622. The molecule has 0 aliphatic heterocycles. The van der Waals surface area contributed by atoms with Gasteiger partial charge in [-0.05, 0) is 37.3 Å². The topological polar surface area (TPSA) is 77.8 Å². The molecule has 2 aromatic rings. The van der Waals surface area contributed by atoms with Gasteiger partial charge in [-0.1, -0.05) is 6.07 Å². The van der Waals surface area contributed by atoms with E-state index >= 15 is 0 Å². The first-order valence-electron chi connectivity index (χ1n) is 6.36. The molecule has 2 N–H and O–H groups in total. The van der Waals surface area contributed by atoms with Crippen LogP contribution in [0.2, 0.25) is 0 Å². The Morgan fingerprint density at radius 2 is 2.19 bits per heavy atom. The molecule has 0 fully saturated rings. The van der Waals surface area contributed by atoms with E-state index in [9.17, 15) is 9.18 Å². The van der Waals surface area contributed by atoms with Crippen LogP contribution in [0.25, 0.3) is 0 Å². The van der Waals surface area contributed by atoms with Gasteiger partial charge in [-0.15, -0.1) is 0 Å². The summed E-state index contributed by atoms with van der Waals surface area (Å²) in [5, 5.41) is 14.4. The van der Waals surface area contributed by atoms with Crippen molar-refractivity contribution in [2.75, 3.05) is 17.2 Å². The summed E-state index contributed by atoms with van der Waals surface area (Å²) in [6.45, 7) is 2.62. The number of carbonyl (C=O) groups excluding carboxylic acids is 1. The Morgan fingerprint density at radius 1 is 1.38 bits per heavy atom. The first-order valence-corrected chi connectivity index (χ1v) is 6.36. The van der Waals surface area contributed by atoms with Gasteiger partial charge in [-0.25, -0.2) is 9.37 Å². The molecule has 1 aromatic carbocycles. The smallest absolute Gasteiger partial charge is 0.274 e. The zero-order valence-electron chi connectivity index (χ0n) is 11.4. The molecule has 106 valence electrons. The van der Waals surface area contributed by atoms with Crippen LogP contribution in [0.1, 0.15) is 23.0 Å². The van der Waals surface area contributed by atoms with E-state index in [4.69, 9.17) is 5.26 Å². The average Bonchev–Trinajstić information content (AvgIpc) is 2.50. The Hall–Kier alpha value is -2.94. The van der Waals surface area contributed by atoms with Gasteiger partial charge in [0.15, 0.2) is 0 Å². The van der Waals surface area contributed by atoms with Crippen molar-refractivity contribution in [3.8, 4) is 6.07 Å². The number of nitrogens with zero attached hydrogens (tertiary/aromatic N) is 2. The molecule has 0 saturated carbocycles. The van der Waals surface area contributed by atoms with Crippen molar-refractivity contribution in [3.05, 3.63) is 53.5 Å². The number of benzene rings is 1. The Balaban J connectivity index is 2.18. The Morgan fingerprint density at radius 3 is 2.90 bits per heavy atom. The highest BCUT2D eigenvalue weighted by Gasteiger charge is 2.10. The summed E-state index contributed by atoms with van der Waals surface area (Å²) in [5.74, 6) is -0.449. The number of carbonyl (C=O) groups is 1. The van der Waals surface area contributed by atoms with Crippen LogP contribution in [0.4, 0.5) is 15.9 Å². The van der Waals surface area contributed by atoms with Gasteiger partial charge in [0.2, 0.25) is 0 Å². The van der Waals surface area contributed by atoms with E-state index in [-0.39, 0.29) is 11.3 Å². The lowest BCUT2D eigenvalue weighted by Crippen LogP contribution is -2.14. The summed E-state index contributed by atoms with van der Waals surface area (Å²) in [5.41, 5.74) is 0.451. The predicted octanol–water partition coefficient (Wildman–Crippen LogP) is 2.78. The highest BCUT2D eigenvalue weighted by molar-refractivity contribution is 6.03. The third-order valence-corrected chi connectivity index (χ3v) is 2.68. The molecule has 2 rings (SSSR count). The number of amides is 1. The van der Waals surface area contributed by atoms with E-state index < -0.39 is 11.7 Å². The number of rotatable bonds is 4. The third-order valence-electron chi connectivity index (χ3n) is 2.68. The number of pyridine rings is 1. The maximum Gasteiger partial charge on any atom is 0.274 e. The summed E-state index contributed by atoms with van der Waals surface area (Å²) in [7, 11) is 0. The first-order chi connectivity index (χ1) is 10.1. The van der Waals surface area contributed by atoms with Crippen molar-refractivity contribution in [2.24, 2.45) is 0 Å². The lowest BCUT2D eigenvalue weighted by molar-refractivity contribution is 0.102. The molecule has 6 heteroatoms. The molecule has 1 amide bonds. The molecule has 0 bridgehead atoms. The van der Waals surface area contributed by atoms with Gasteiger partial charge in [-0.3, -0.25) is 4.79 Å². The van der Waals surface area contributed by atoms with Gasteiger partial charge in [0, 0.05) is 12.2 Å². The first kappa shape index (κ1) is 14.5. The quantitative estimate of drug-likeness (QED) is 0.905. The van der Waals surface area contributed by atoms with Crippen molar-refractivity contribution in [1.29, 1.82) is 5.26 Å². The molecular formula is C15H13FN4O. The zero-order chi connectivity index (χ0) is 15.2. The summed E-state index contributed by atoms with van der Waals surface area (Å²) in [6, 6.07) is 10.6. The van der Waals surface area contributed by atoms with Crippen LogP contribution >= 0.6 is 0 Å². The maximum absolute atomic E-state index is 13.2. The largest absolute Gasteiger partial charge is 0.370 e. The highest BCUT2D eigenvalue weighted by atomic mass is 19.1. The second-order valence-corrected chi connectivity index (χ2v) is 4.20. The molecule has 1 heterocycles. The fourth-order valence-electron chi connectivity index (χ4n) is 1.72. The van der Waals surface area contributed by atoms with Crippen molar-refractivity contribution in [2.45, 2.75) is 6.92 Å². The molecule has 5 nitrogen and oxygen atoms in total. The lowest BCUT2D eigenvalue weighted by Gasteiger charge is -2.07. The van der Waals surface area contributed by atoms with Gasteiger partial charge in [-0.2, -0.15) is 5.26 Å². The van der Waals surface area contributed by atoms with Crippen molar-refractivity contribution >= 4 is 17.4 Å². The molecule has 0 aliphatic carbocycles. The van der Waals surface area contributed by atoms with Crippen LogP contribution in [-0.4, -0.2) is 17.4 Å². The molecule has 0 unspecified atom stereocenters. The van der Waals surface area contributed by atoms with Gasteiger partial charge in [0.1, 0.15) is 23.4 Å². The summed E-state index contributed by atoms with van der Waals surface area (Å²) < 4.78 is 13.2. The van der Waals surface area contributed by atoms with Gasteiger partial charge in [0.05, 0.1) is 5.56 Å². The molecule has 0 atom stereocenters. The molecule has 0 aliphatic rings. The van der Waals surface area contributed by atoms with E-state index in [1.54, 1.807) is 24.3 Å². The second kappa shape index (κ2) is 6.48. The normalized spacial score (nSPS) is 9.76. The standard InChI is InChI=1S/C15H13FN4O/c1-2-18-14-5-3-4-13(20-14)15(21)19-11-6-7-12(16)10(8-11)9-17/h3-8H,2H2,1H3,(H,18,20)(H,19,21). The van der Waals surface area contributed by atoms with E-state index in [0.717, 1.165) is 6.07 Å². The fraction of sp³-hybridized carbons (Fsp3) is 0.133. The minimum absolute atomic E-state index is 0.123. The van der Waals surface area contributed by atoms with E-state index in [2.05, 4.69) is 15.6 Å². The monoisotopic (exact) mass is 284 g/mol. The number of nitrogens with one attached hydrogen (secondary N) is 2. The Kier molecular flexibility index (Phi) is 4.46. The van der Waals surface area contributed by atoms with E-state index in [1.807, 2.05) is 6.92 Å². The molecule has 0 radical (unpaired) electrons. The van der Waals surface area contributed by atoms with Crippen molar-refractivity contribution in [3.63, 3.8) is 0 Å². The fourth-order valence-corrected chi connectivity index (χ4v) is 1.72. The summed E-state index contributed by atoms with van der Waals surface area (Å²) in [6.07, 6.45) is 0. The van der Waals surface area contributed by atoms with Crippen molar-refractivity contribution < 1.29 is 9.18 Å². The van der Waals surface area contributed by atoms with Crippen LogP contribution in [0.5, 0.6) is 0 Å². The number of halogens is 1. The summed E-state index contributed by atoms with van der Waals surface area (Å²) >= 11 is 0. The van der Waals surface area contributed by atoms with Crippen LogP contribution in [0, 0.1) is 17.1 Å². The highest BCUT2D eigenvalue weighted by Crippen LogP contribution is 2.15. The zero-order valence-corrected chi connectivity index (χ0v) is 11.4. The number of hydrogen-bond donors (Lipinski definition) is 2. The number of anilines is 2. The number of aromatic nitrogens is 1. The van der Waals surface area contributed by atoms with Crippen LogP contribution in [-0.2, 0) is 0 Å². The molecule has 21 heavy (non-hydrogen) atoms. The van der Waals surface area contributed by atoms with Gasteiger partial charge in [0.25, 0.3) is 5.91 Å². The summed E-state index contributed by atoms with van der Waals surface area (Å²) in [4.78, 5) is 16.2.